The highest BCUT2D eigenvalue weighted by molar-refractivity contribution is 5.92. The van der Waals surface area contributed by atoms with E-state index >= 15 is 0 Å². The minimum atomic E-state index is -0.347. The van der Waals surface area contributed by atoms with Crippen LogP contribution in [0.2, 0.25) is 0 Å². The number of aromatic nitrogens is 1. The van der Waals surface area contributed by atoms with Gasteiger partial charge in [0.2, 0.25) is 0 Å². The van der Waals surface area contributed by atoms with Crippen LogP contribution in [0, 0.1) is 5.41 Å². The SMILES string of the molecule is CC(C)c1cc(C(=O)NCC2(C)CCCCC2O)no1. The van der Waals surface area contributed by atoms with E-state index in [0.717, 1.165) is 25.7 Å². The molecule has 1 fully saturated rings. The van der Waals surface area contributed by atoms with Crippen LogP contribution in [0.1, 0.15) is 68.6 Å². The van der Waals surface area contributed by atoms with Gasteiger partial charge >= 0.3 is 0 Å². The average Bonchev–Trinajstić information content (AvgIpc) is 2.90. The third-order valence-electron chi connectivity index (χ3n) is 4.26. The second kappa shape index (κ2) is 5.95. The van der Waals surface area contributed by atoms with Crippen molar-refractivity contribution >= 4 is 5.91 Å². The van der Waals surface area contributed by atoms with Crippen molar-refractivity contribution in [3.05, 3.63) is 17.5 Å². The number of aliphatic hydroxyl groups is 1. The summed E-state index contributed by atoms with van der Waals surface area (Å²) in [6, 6.07) is 1.68. The molecule has 1 heterocycles. The zero-order valence-corrected chi connectivity index (χ0v) is 12.5. The molecule has 2 rings (SSSR count). The van der Waals surface area contributed by atoms with E-state index in [9.17, 15) is 9.90 Å². The van der Waals surface area contributed by atoms with Crippen LogP contribution in [0.3, 0.4) is 0 Å². The van der Waals surface area contributed by atoms with Crippen molar-refractivity contribution in [2.75, 3.05) is 6.54 Å². The monoisotopic (exact) mass is 280 g/mol. The Bertz CT molecular complexity index is 469. The first-order valence-electron chi connectivity index (χ1n) is 7.35. The van der Waals surface area contributed by atoms with Crippen LogP contribution in [0.15, 0.2) is 10.6 Å². The van der Waals surface area contributed by atoms with Crippen LogP contribution < -0.4 is 5.32 Å². The van der Waals surface area contributed by atoms with E-state index in [1.165, 1.54) is 0 Å². The van der Waals surface area contributed by atoms with Gasteiger partial charge in [0, 0.05) is 23.9 Å². The molecule has 0 bridgehead atoms. The molecule has 1 amide bonds. The van der Waals surface area contributed by atoms with Crippen molar-refractivity contribution in [2.24, 2.45) is 5.41 Å². The van der Waals surface area contributed by atoms with Gasteiger partial charge < -0.3 is 14.9 Å². The van der Waals surface area contributed by atoms with Crippen LogP contribution in [0.25, 0.3) is 0 Å². The van der Waals surface area contributed by atoms with Gasteiger partial charge in [0.1, 0.15) is 5.76 Å². The highest BCUT2D eigenvalue weighted by Crippen LogP contribution is 2.35. The Labute approximate surface area is 119 Å². The number of carbonyl (C=O) groups excluding carboxylic acids is 1. The Morgan fingerprint density at radius 1 is 1.60 bits per heavy atom. The number of amides is 1. The molecular weight excluding hydrogens is 256 g/mol. The summed E-state index contributed by atoms with van der Waals surface area (Å²) in [5, 5.41) is 16.8. The number of hydrogen-bond donors (Lipinski definition) is 2. The lowest BCUT2D eigenvalue weighted by Gasteiger charge is -2.38. The normalized spacial score (nSPS) is 26.8. The van der Waals surface area contributed by atoms with Crippen LogP contribution in [0.5, 0.6) is 0 Å². The Balaban J connectivity index is 1.94. The second-order valence-electron chi connectivity index (χ2n) is 6.37. The van der Waals surface area contributed by atoms with E-state index in [2.05, 4.69) is 10.5 Å². The van der Waals surface area contributed by atoms with E-state index < -0.39 is 0 Å². The molecule has 1 aromatic rings. The van der Waals surface area contributed by atoms with E-state index in [0.29, 0.717) is 18.0 Å². The van der Waals surface area contributed by atoms with E-state index in [1.54, 1.807) is 6.07 Å². The van der Waals surface area contributed by atoms with Crippen molar-refractivity contribution in [1.29, 1.82) is 0 Å². The Morgan fingerprint density at radius 3 is 2.95 bits per heavy atom. The number of aliphatic hydroxyl groups excluding tert-OH is 1. The summed E-state index contributed by atoms with van der Waals surface area (Å²) in [6.07, 6.45) is 3.56. The lowest BCUT2D eigenvalue weighted by molar-refractivity contribution is 0.00185. The molecule has 1 saturated carbocycles. The summed E-state index contributed by atoms with van der Waals surface area (Å²) in [6.45, 7) is 6.47. The molecule has 1 aliphatic carbocycles. The van der Waals surface area contributed by atoms with Gasteiger partial charge in [0.15, 0.2) is 5.69 Å². The summed E-state index contributed by atoms with van der Waals surface area (Å²) >= 11 is 0. The molecule has 2 unspecified atom stereocenters. The maximum Gasteiger partial charge on any atom is 0.273 e. The molecule has 112 valence electrons. The first-order chi connectivity index (χ1) is 9.42. The summed E-state index contributed by atoms with van der Waals surface area (Å²) in [7, 11) is 0. The number of nitrogens with one attached hydrogen (secondary N) is 1. The van der Waals surface area contributed by atoms with Gasteiger partial charge in [-0.3, -0.25) is 4.79 Å². The molecule has 5 nitrogen and oxygen atoms in total. The molecule has 5 heteroatoms. The molecule has 1 aromatic heterocycles. The fourth-order valence-electron chi connectivity index (χ4n) is 2.63. The van der Waals surface area contributed by atoms with E-state index in [1.807, 2.05) is 20.8 Å². The quantitative estimate of drug-likeness (QED) is 0.888. The third kappa shape index (κ3) is 3.20. The number of carbonyl (C=O) groups is 1. The summed E-state index contributed by atoms with van der Waals surface area (Å²) in [5.41, 5.74) is 0.0704. The molecule has 0 saturated heterocycles. The Hall–Kier alpha value is -1.36. The van der Waals surface area contributed by atoms with Gasteiger partial charge in [0.05, 0.1) is 6.10 Å². The van der Waals surface area contributed by atoms with Gasteiger partial charge in [-0.25, -0.2) is 0 Å². The van der Waals surface area contributed by atoms with Crippen LogP contribution in [-0.4, -0.2) is 28.8 Å². The van der Waals surface area contributed by atoms with Crippen LogP contribution in [0.4, 0.5) is 0 Å². The van der Waals surface area contributed by atoms with Crippen LogP contribution >= 0.6 is 0 Å². The fraction of sp³-hybridized carbons (Fsp3) is 0.733. The first kappa shape index (κ1) is 15.0. The lowest BCUT2D eigenvalue weighted by atomic mass is 9.73. The molecule has 0 aromatic carbocycles. The Morgan fingerprint density at radius 2 is 2.35 bits per heavy atom. The molecule has 0 radical (unpaired) electrons. The summed E-state index contributed by atoms with van der Waals surface area (Å²) < 4.78 is 5.13. The summed E-state index contributed by atoms with van der Waals surface area (Å²) in [4.78, 5) is 12.1. The molecule has 1 aliphatic rings. The van der Waals surface area contributed by atoms with E-state index in [-0.39, 0.29) is 23.3 Å². The smallest absolute Gasteiger partial charge is 0.273 e. The van der Waals surface area contributed by atoms with Gasteiger partial charge in [-0.15, -0.1) is 0 Å². The minimum Gasteiger partial charge on any atom is -0.392 e. The molecule has 20 heavy (non-hydrogen) atoms. The highest BCUT2D eigenvalue weighted by atomic mass is 16.5. The van der Waals surface area contributed by atoms with E-state index in [4.69, 9.17) is 4.52 Å². The number of hydrogen-bond acceptors (Lipinski definition) is 4. The predicted octanol–water partition coefficient (Wildman–Crippen LogP) is 2.47. The minimum absolute atomic E-state index is 0.210. The molecule has 0 spiro atoms. The lowest BCUT2D eigenvalue weighted by Crippen LogP contribution is -2.45. The fourth-order valence-corrected chi connectivity index (χ4v) is 2.63. The van der Waals surface area contributed by atoms with Crippen LogP contribution in [-0.2, 0) is 0 Å². The third-order valence-corrected chi connectivity index (χ3v) is 4.26. The van der Waals surface area contributed by atoms with Crippen molar-refractivity contribution in [1.82, 2.24) is 10.5 Å². The molecule has 2 N–H and O–H groups in total. The maximum atomic E-state index is 12.1. The van der Waals surface area contributed by atoms with Gasteiger partial charge in [-0.2, -0.15) is 0 Å². The molecule has 2 atom stereocenters. The Kier molecular flexibility index (Phi) is 4.48. The average molecular weight is 280 g/mol. The van der Waals surface area contributed by atoms with Gasteiger partial charge in [-0.05, 0) is 12.8 Å². The zero-order chi connectivity index (χ0) is 14.8. The number of nitrogens with zero attached hydrogens (tertiary/aromatic N) is 1. The van der Waals surface area contributed by atoms with Gasteiger partial charge in [-0.1, -0.05) is 38.8 Å². The largest absolute Gasteiger partial charge is 0.392 e. The number of rotatable bonds is 4. The molecular formula is C15H24N2O3. The standard InChI is InChI=1S/C15H24N2O3/c1-10(2)12-8-11(17-20-12)14(19)16-9-15(3)7-5-4-6-13(15)18/h8,10,13,18H,4-7,9H2,1-3H3,(H,16,19). The topological polar surface area (TPSA) is 75.4 Å². The highest BCUT2D eigenvalue weighted by Gasteiger charge is 2.35. The van der Waals surface area contributed by atoms with Crippen molar-refractivity contribution in [3.63, 3.8) is 0 Å². The van der Waals surface area contributed by atoms with Crippen molar-refractivity contribution < 1.29 is 14.4 Å². The zero-order valence-electron chi connectivity index (χ0n) is 12.5. The second-order valence-corrected chi connectivity index (χ2v) is 6.37. The van der Waals surface area contributed by atoms with Crippen molar-refractivity contribution in [2.45, 2.75) is 58.5 Å². The molecule has 0 aliphatic heterocycles. The summed E-state index contributed by atoms with van der Waals surface area (Å²) in [5.74, 6) is 0.681. The first-order valence-corrected chi connectivity index (χ1v) is 7.35. The van der Waals surface area contributed by atoms with Crippen molar-refractivity contribution in [3.8, 4) is 0 Å². The maximum absolute atomic E-state index is 12.1. The predicted molar refractivity (Wildman–Crippen MR) is 75.5 cm³/mol. The van der Waals surface area contributed by atoms with Gasteiger partial charge in [0.25, 0.3) is 5.91 Å².